The molecule has 6 heteroatoms. The highest BCUT2D eigenvalue weighted by Gasteiger charge is 2.39. The van der Waals surface area contributed by atoms with Gasteiger partial charge in [0.2, 0.25) is 0 Å². The number of carbonyl (C=O) groups is 2. The summed E-state index contributed by atoms with van der Waals surface area (Å²) in [7, 11) is 0. The van der Waals surface area contributed by atoms with Crippen LogP contribution in [0.1, 0.15) is 47.7 Å². The van der Waals surface area contributed by atoms with Crippen LogP contribution < -0.4 is 5.32 Å². The molecule has 6 nitrogen and oxygen atoms in total. The normalized spacial score (nSPS) is 22.9. The minimum atomic E-state index is -0.941. The van der Waals surface area contributed by atoms with Crippen molar-refractivity contribution in [1.29, 1.82) is 0 Å². The van der Waals surface area contributed by atoms with E-state index < -0.39 is 11.5 Å². The number of carbonyl (C=O) groups excluding carboxylic acids is 1. The summed E-state index contributed by atoms with van der Waals surface area (Å²) in [6.07, 6.45) is 2.56. The van der Waals surface area contributed by atoms with Crippen LogP contribution in [0.15, 0.2) is 30.3 Å². The summed E-state index contributed by atoms with van der Waals surface area (Å²) in [5.74, 6) is -0.768. The molecule has 0 bridgehead atoms. The van der Waals surface area contributed by atoms with Gasteiger partial charge in [-0.25, -0.2) is 0 Å². The second-order valence-corrected chi connectivity index (χ2v) is 6.99. The van der Waals surface area contributed by atoms with Gasteiger partial charge in [-0.15, -0.1) is 0 Å². The van der Waals surface area contributed by atoms with Gasteiger partial charge in [-0.05, 0) is 31.4 Å². The van der Waals surface area contributed by atoms with Crippen LogP contribution >= 0.6 is 0 Å². The van der Waals surface area contributed by atoms with Crippen molar-refractivity contribution in [2.75, 3.05) is 13.2 Å². The second-order valence-electron chi connectivity index (χ2n) is 6.99. The van der Waals surface area contributed by atoms with E-state index in [0.717, 1.165) is 29.4 Å². The van der Waals surface area contributed by atoms with Crippen molar-refractivity contribution in [3.8, 4) is 0 Å². The minimum Gasteiger partial charge on any atom is -0.481 e. The van der Waals surface area contributed by atoms with Crippen molar-refractivity contribution < 1.29 is 19.4 Å². The largest absolute Gasteiger partial charge is 0.481 e. The maximum Gasteiger partial charge on any atom is 0.305 e. The molecule has 0 radical (unpaired) electrons. The van der Waals surface area contributed by atoms with Gasteiger partial charge in [-0.2, -0.15) is 0 Å². The van der Waals surface area contributed by atoms with E-state index in [4.69, 9.17) is 4.74 Å². The number of rotatable bonds is 5. The van der Waals surface area contributed by atoms with Crippen LogP contribution in [-0.2, 0) is 9.53 Å². The third-order valence-electron chi connectivity index (χ3n) is 4.95. The summed E-state index contributed by atoms with van der Waals surface area (Å²) in [6, 6.07) is 9.43. The van der Waals surface area contributed by atoms with Crippen molar-refractivity contribution >= 4 is 22.8 Å². The first-order valence-corrected chi connectivity index (χ1v) is 8.58. The van der Waals surface area contributed by atoms with Crippen LogP contribution in [0.5, 0.6) is 0 Å². The molecule has 1 aliphatic heterocycles. The molecule has 1 aromatic carbocycles. The minimum absolute atomic E-state index is 0.142. The lowest BCUT2D eigenvalue weighted by molar-refractivity contribution is -0.138. The number of fused-ring (bicyclic) bond motifs is 1. The van der Waals surface area contributed by atoms with Crippen molar-refractivity contribution in [3.63, 3.8) is 0 Å². The molecule has 1 saturated carbocycles. The molecule has 1 atom stereocenters. The fourth-order valence-electron chi connectivity index (χ4n) is 3.46. The fraction of sp³-hybridized carbons (Fsp3) is 0.421. The van der Waals surface area contributed by atoms with E-state index >= 15 is 0 Å². The molecule has 25 heavy (non-hydrogen) atoms. The Kier molecular flexibility index (Phi) is 3.92. The number of aliphatic carboxylic acids is 1. The highest BCUT2D eigenvalue weighted by molar-refractivity contribution is 6.06. The van der Waals surface area contributed by atoms with Crippen LogP contribution in [0.3, 0.4) is 0 Å². The molecule has 1 aliphatic carbocycles. The summed E-state index contributed by atoms with van der Waals surface area (Å²) in [4.78, 5) is 28.9. The van der Waals surface area contributed by atoms with Crippen molar-refractivity contribution in [2.24, 2.45) is 0 Å². The van der Waals surface area contributed by atoms with Gasteiger partial charge >= 0.3 is 5.97 Å². The van der Waals surface area contributed by atoms with Gasteiger partial charge in [0.1, 0.15) is 0 Å². The first-order chi connectivity index (χ1) is 12.1. The van der Waals surface area contributed by atoms with Crippen molar-refractivity contribution in [3.05, 3.63) is 41.6 Å². The van der Waals surface area contributed by atoms with Gasteiger partial charge < -0.3 is 15.2 Å². The smallest absolute Gasteiger partial charge is 0.305 e. The molecular formula is C19H20N2O4. The Bertz CT molecular complexity index is 838. The number of nitrogens with one attached hydrogen (secondary N) is 1. The molecule has 130 valence electrons. The van der Waals surface area contributed by atoms with Gasteiger partial charge in [0.15, 0.2) is 0 Å². The molecule has 2 aliphatic rings. The molecule has 1 aromatic heterocycles. The Hall–Kier alpha value is -2.47. The average molecular weight is 340 g/mol. The first kappa shape index (κ1) is 16.0. The van der Waals surface area contributed by atoms with Gasteiger partial charge in [0, 0.05) is 23.6 Å². The molecule has 2 heterocycles. The molecular weight excluding hydrogens is 320 g/mol. The van der Waals surface area contributed by atoms with E-state index in [1.165, 1.54) is 0 Å². The van der Waals surface area contributed by atoms with Crippen LogP contribution in [0.4, 0.5) is 0 Å². The Morgan fingerprint density at radius 3 is 2.80 bits per heavy atom. The zero-order chi connectivity index (χ0) is 17.4. The molecule has 2 fully saturated rings. The van der Waals surface area contributed by atoms with Gasteiger partial charge in [0.05, 0.1) is 29.6 Å². The third-order valence-corrected chi connectivity index (χ3v) is 4.95. The molecule has 1 amide bonds. The fourth-order valence-corrected chi connectivity index (χ4v) is 3.46. The molecule has 0 spiro atoms. The zero-order valence-corrected chi connectivity index (χ0v) is 13.8. The van der Waals surface area contributed by atoms with E-state index in [9.17, 15) is 14.7 Å². The van der Waals surface area contributed by atoms with Crippen LogP contribution in [-0.4, -0.2) is 40.7 Å². The van der Waals surface area contributed by atoms with Crippen molar-refractivity contribution in [2.45, 2.75) is 37.1 Å². The Morgan fingerprint density at radius 1 is 1.32 bits per heavy atom. The molecule has 2 aromatic rings. The number of hydrogen-bond donors (Lipinski definition) is 2. The predicted molar refractivity (Wildman–Crippen MR) is 91.6 cm³/mol. The zero-order valence-electron chi connectivity index (χ0n) is 13.8. The summed E-state index contributed by atoms with van der Waals surface area (Å²) in [5.41, 5.74) is 1.46. The summed E-state index contributed by atoms with van der Waals surface area (Å²) >= 11 is 0. The third kappa shape index (κ3) is 3.22. The molecule has 1 saturated heterocycles. The quantitative estimate of drug-likeness (QED) is 0.873. The maximum atomic E-state index is 13.0. The summed E-state index contributed by atoms with van der Waals surface area (Å²) in [5, 5.41) is 12.9. The van der Waals surface area contributed by atoms with E-state index in [-0.39, 0.29) is 18.9 Å². The number of para-hydroxylation sites is 1. The van der Waals surface area contributed by atoms with E-state index in [1.807, 2.05) is 30.3 Å². The number of benzene rings is 1. The number of ether oxygens (including phenoxy) is 1. The van der Waals surface area contributed by atoms with Gasteiger partial charge in [-0.1, -0.05) is 18.2 Å². The monoisotopic (exact) mass is 340 g/mol. The number of nitrogens with zero attached hydrogens (tertiary/aromatic N) is 1. The number of amides is 1. The molecule has 1 unspecified atom stereocenters. The predicted octanol–water partition coefficient (Wildman–Crippen LogP) is 2.48. The lowest BCUT2D eigenvalue weighted by Gasteiger charge is -2.27. The van der Waals surface area contributed by atoms with Gasteiger partial charge in [-0.3, -0.25) is 14.6 Å². The summed E-state index contributed by atoms with van der Waals surface area (Å²) in [6.45, 7) is 0.682. The lowest BCUT2D eigenvalue weighted by atomic mass is 9.93. The summed E-state index contributed by atoms with van der Waals surface area (Å²) < 4.78 is 5.37. The van der Waals surface area contributed by atoms with E-state index in [1.54, 1.807) is 0 Å². The average Bonchev–Trinajstić information content (AvgIpc) is 3.34. The highest BCUT2D eigenvalue weighted by atomic mass is 16.5. The Morgan fingerprint density at radius 2 is 2.12 bits per heavy atom. The van der Waals surface area contributed by atoms with E-state index in [0.29, 0.717) is 24.5 Å². The van der Waals surface area contributed by atoms with Gasteiger partial charge in [0.25, 0.3) is 5.91 Å². The Labute approximate surface area is 145 Å². The standard InChI is InChI=1S/C19H20N2O4/c22-17(23)10-19(7-8-25-11-19)21-18(24)14-9-16(12-5-6-12)20-15-4-2-1-3-13(14)15/h1-4,9,12H,5-8,10-11H2,(H,21,24)(H,22,23). The number of carboxylic acids is 1. The lowest BCUT2D eigenvalue weighted by Crippen LogP contribution is -2.50. The highest BCUT2D eigenvalue weighted by Crippen LogP contribution is 2.40. The molecule has 4 rings (SSSR count). The number of hydrogen-bond acceptors (Lipinski definition) is 4. The maximum absolute atomic E-state index is 13.0. The van der Waals surface area contributed by atoms with Crippen molar-refractivity contribution in [1.82, 2.24) is 10.3 Å². The van der Waals surface area contributed by atoms with E-state index in [2.05, 4.69) is 10.3 Å². The topological polar surface area (TPSA) is 88.5 Å². The second kappa shape index (κ2) is 6.11. The van der Waals surface area contributed by atoms with Crippen LogP contribution in [0.2, 0.25) is 0 Å². The Balaban J connectivity index is 1.70. The molecule has 2 N–H and O–H groups in total. The van der Waals surface area contributed by atoms with Crippen LogP contribution in [0, 0.1) is 0 Å². The number of pyridine rings is 1. The first-order valence-electron chi connectivity index (χ1n) is 8.58. The number of aromatic nitrogens is 1. The number of carboxylic acid groups (broad SMARTS) is 1. The SMILES string of the molecule is O=C(O)CC1(NC(=O)c2cc(C3CC3)nc3ccccc23)CCOC1. The van der Waals surface area contributed by atoms with Crippen LogP contribution in [0.25, 0.3) is 10.9 Å².